The fraction of sp³-hybridized carbons (Fsp3) is 0.765. The molecule has 260 valence electrons. The largest absolute Gasteiger partial charge is 0.376 e. The second kappa shape index (κ2) is 15.6. The summed E-state index contributed by atoms with van der Waals surface area (Å²) in [5, 5.41) is 7.00. The molecule has 4 rings (SSSR count). The summed E-state index contributed by atoms with van der Waals surface area (Å²) in [7, 11) is -3.33. The highest BCUT2D eigenvalue weighted by Crippen LogP contribution is 2.41. The first-order chi connectivity index (χ1) is 21.6. The van der Waals surface area contributed by atoms with Crippen molar-refractivity contribution in [2.24, 2.45) is 23.3 Å². The van der Waals surface area contributed by atoms with Gasteiger partial charge in [-0.15, -0.1) is 0 Å². The van der Waals surface area contributed by atoms with E-state index in [9.17, 15) is 18.0 Å². The Morgan fingerprint density at radius 3 is 2.48 bits per heavy atom. The summed E-state index contributed by atoms with van der Waals surface area (Å²) in [5.74, 6) is -0.540. The summed E-state index contributed by atoms with van der Waals surface area (Å²) in [6.07, 6.45) is 8.06. The number of ether oxygens (including phenoxy) is 1. The van der Waals surface area contributed by atoms with Crippen LogP contribution in [0.5, 0.6) is 0 Å². The normalized spacial score (nSPS) is 27.2. The number of rotatable bonds is 12. The molecule has 3 fully saturated rings. The fourth-order valence-electron chi connectivity index (χ4n) is 7.68. The molecule has 0 bridgehead atoms. The molecule has 10 nitrogen and oxygen atoms in total. The van der Waals surface area contributed by atoms with Gasteiger partial charge >= 0.3 is 0 Å². The summed E-state index contributed by atoms with van der Waals surface area (Å²) < 4.78 is 33.6. The predicted octanol–water partition coefficient (Wildman–Crippen LogP) is 4.06. The first-order valence-corrected chi connectivity index (χ1v) is 19.1. The van der Waals surface area contributed by atoms with Crippen molar-refractivity contribution < 1.29 is 22.7 Å². The highest BCUT2D eigenvalue weighted by atomic mass is 35.5. The van der Waals surface area contributed by atoms with Crippen molar-refractivity contribution in [3.05, 3.63) is 34.9 Å². The van der Waals surface area contributed by atoms with Crippen molar-refractivity contribution in [1.82, 2.24) is 14.9 Å². The standard InChI is InChI=1S/C34H56ClN5O5S/c1-33(2)21-25(17-19-45-33)29(24-11-14-26(35)15-12-24)30(39-32(42)34(3,4)37)31(41)38-28-10-8-9-23(28)13-16-27(22-36)40-18-6-5-7-20-46(40,43)44/h11-12,14-15,23,25,27-30H,5-10,13,16-22,36-37H2,1-4H3,(H,38,41)(H,39,42)/t23-,25?,27+,28+,29+,30+/m1/s1. The third-order valence-electron chi connectivity index (χ3n) is 10.2. The maximum Gasteiger partial charge on any atom is 0.243 e. The van der Waals surface area contributed by atoms with Gasteiger partial charge in [-0.1, -0.05) is 36.6 Å². The molecule has 2 saturated heterocycles. The smallest absolute Gasteiger partial charge is 0.243 e. The summed E-state index contributed by atoms with van der Waals surface area (Å²) in [5.41, 5.74) is 11.7. The van der Waals surface area contributed by atoms with Gasteiger partial charge in [-0.2, -0.15) is 4.31 Å². The van der Waals surface area contributed by atoms with Crippen molar-refractivity contribution in [2.75, 3.05) is 25.4 Å². The first kappa shape index (κ1) is 37.1. The monoisotopic (exact) mass is 681 g/mol. The molecule has 6 N–H and O–H groups in total. The Hall–Kier alpha value is -1.76. The summed E-state index contributed by atoms with van der Waals surface area (Å²) in [6, 6.07) is 6.33. The van der Waals surface area contributed by atoms with E-state index in [-0.39, 0.29) is 53.6 Å². The maximum absolute atomic E-state index is 14.4. The van der Waals surface area contributed by atoms with E-state index in [0.29, 0.717) is 31.0 Å². The minimum atomic E-state index is -3.33. The van der Waals surface area contributed by atoms with Crippen molar-refractivity contribution in [3.63, 3.8) is 0 Å². The molecule has 6 atom stereocenters. The lowest BCUT2D eigenvalue weighted by atomic mass is 9.72. The van der Waals surface area contributed by atoms with Gasteiger partial charge in [0.2, 0.25) is 21.8 Å². The number of hydrogen-bond donors (Lipinski definition) is 4. The van der Waals surface area contributed by atoms with Crippen molar-refractivity contribution >= 4 is 33.4 Å². The number of nitrogens with two attached hydrogens (primary N) is 2. The van der Waals surface area contributed by atoms with Gasteiger partial charge in [-0.05, 0) is 109 Å². The van der Waals surface area contributed by atoms with Gasteiger partial charge in [0.05, 0.1) is 16.9 Å². The van der Waals surface area contributed by atoms with E-state index in [1.54, 1.807) is 18.2 Å². The molecule has 0 radical (unpaired) electrons. The minimum absolute atomic E-state index is 0.0575. The Kier molecular flexibility index (Phi) is 12.6. The minimum Gasteiger partial charge on any atom is -0.376 e. The molecule has 2 aliphatic heterocycles. The molecule has 2 amide bonds. The molecule has 2 heterocycles. The number of carbonyl (C=O) groups is 2. The van der Waals surface area contributed by atoms with E-state index in [1.165, 1.54) is 0 Å². The zero-order valence-corrected chi connectivity index (χ0v) is 29.7. The Morgan fingerprint density at radius 1 is 1.11 bits per heavy atom. The Morgan fingerprint density at radius 2 is 1.83 bits per heavy atom. The summed E-state index contributed by atoms with van der Waals surface area (Å²) in [4.78, 5) is 27.8. The van der Waals surface area contributed by atoms with Gasteiger partial charge in [0.1, 0.15) is 6.04 Å². The highest BCUT2D eigenvalue weighted by molar-refractivity contribution is 7.89. The zero-order chi connectivity index (χ0) is 33.7. The molecule has 1 saturated carbocycles. The van der Waals surface area contributed by atoms with Crippen LogP contribution in [-0.4, -0.2) is 79.3 Å². The van der Waals surface area contributed by atoms with Crippen molar-refractivity contribution in [3.8, 4) is 0 Å². The van der Waals surface area contributed by atoms with Crippen LogP contribution in [0.1, 0.15) is 103 Å². The number of nitrogens with zero attached hydrogens (tertiary/aromatic N) is 1. The van der Waals surface area contributed by atoms with E-state index >= 15 is 0 Å². The summed E-state index contributed by atoms with van der Waals surface area (Å²) >= 11 is 6.27. The summed E-state index contributed by atoms with van der Waals surface area (Å²) in [6.45, 7) is 8.74. The van der Waals surface area contributed by atoms with Gasteiger partial charge in [-0.25, -0.2) is 8.42 Å². The lowest BCUT2D eigenvalue weighted by Crippen LogP contribution is -2.60. The quantitative estimate of drug-likeness (QED) is 0.259. The number of carbonyl (C=O) groups excluding carboxylic acids is 2. The number of amides is 2. The van der Waals surface area contributed by atoms with Crippen LogP contribution < -0.4 is 22.1 Å². The third-order valence-corrected chi connectivity index (χ3v) is 12.4. The zero-order valence-electron chi connectivity index (χ0n) is 28.1. The number of sulfonamides is 1. The Labute approximate surface area is 281 Å². The second-order valence-corrected chi connectivity index (χ2v) is 17.3. The molecule has 3 aliphatic rings. The van der Waals surface area contributed by atoms with Crippen molar-refractivity contribution in [1.29, 1.82) is 0 Å². The van der Waals surface area contributed by atoms with Gasteiger partial charge < -0.3 is 26.8 Å². The van der Waals surface area contributed by atoms with E-state index in [0.717, 1.165) is 56.9 Å². The Bertz CT molecular complexity index is 1290. The maximum atomic E-state index is 14.4. The molecular weight excluding hydrogens is 626 g/mol. The Balaban J connectivity index is 1.57. The van der Waals surface area contributed by atoms with Crippen LogP contribution in [0.4, 0.5) is 0 Å². The van der Waals surface area contributed by atoms with Gasteiger partial charge in [-0.3, -0.25) is 9.59 Å². The van der Waals surface area contributed by atoms with Gasteiger partial charge in [0.15, 0.2) is 0 Å². The average molecular weight is 682 g/mol. The molecular formula is C34H56ClN5O5S. The van der Waals surface area contributed by atoms with Crippen LogP contribution in [0.2, 0.25) is 5.02 Å². The van der Waals surface area contributed by atoms with E-state index in [4.69, 9.17) is 27.8 Å². The number of hydrogen-bond acceptors (Lipinski definition) is 7. The SMILES string of the molecule is CC1(C)CC([C@H](c2ccc(Cl)cc2)[C@H](NC(=O)C(C)(C)N)C(=O)N[C@H]2CCC[C@@H]2CC[C@@H](CN)N2CCCCCS2(=O)=O)CCO1. The van der Waals surface area contributed by atoms with Crippen molar-refractivity contribution in [2.45, 2.75) is 127 Å². The molecule has 46 heavy (non-hydrogen) atoms. The third kappa shape index (κ3) is 9.66. The first-order valence-electron chi connectivity index (χ1n) is 17.1. The second-order valence-electron chi connectivity index (χ2n) is 14.9. The predicted molar refractivity (Wildman–Crippen MR) is 183 cm³/mol. The molecule has 0 aromatic heterocycles. The molecule has 0 spiro atoms. The fourth-order valence-corrected chi connectivity index (χ4v) is 9.66. The average Bonchev–Trinajstić information content (AvgIpc) is 3.33. The lowest BCUT2D eigenvalue weighted by Gasteiger charge is -2.42. The number of benzene rings is 1. The topological polar surface area (TPSA) is 157 Å². The van der Waals surface area contributed by atoms with Crippen LogP contribution >= 0.6 is 11.6 Å². The van der Waals surface area contributed by atoms with Crippen LogP contribution in [-0.2, 0) is 24.3 Å². The molecule has 1 aliphatic carbocycles. The van der Waals surface area contributed by atoms with Crippen LogP contribution in [0.25, 0.3) is 0 Å². The van der Waals surface area contributed by atoms with Gasteiger partial charge in [0, 0.05) is 42.7 Å². The van der Waals surface area contributed by atoms with Crippen LogP contribution in [0.15, 0.2) is 24.3 Å². The number of nitrogens with one attached hydrogen (secondary N) is 2. The molecule has 1 aromatic carbocycles. The number of halogens is 1. The van der Waals surface area contributed by atoms with Crippen LogP contribution in [0, 0.1) is 11.8 Å². The van der Waals surface area contributed by atoms with E-state index in [1.807, 2.05) is 24.3 Å². The van der Waals surface area contributed by atoms with Crippen LogP contribution in [0.3, 0.4) is 0 Å². The highest BCUT2D eigenvalue weighted by Gasteiger charge is 2.43. The molecule has 1 aromatic rings. The van der Waals surface area contributed by atoms with E-state index < -0.39 is 27.5 Å². The van der Waals surface area contributed by atoms with E-state index in [2.05, 4.69) is 24.5 Å². The molecule has 12 heteroatoms. The molecule has 1 unspecified atom stereocenters. The lowest BCUT2D eigenvalue weighted by molar-refractivity contribution is -0.133. The van der Waals surface area contributed by atoms with Gasteiger partial charge in [0.25, 0.3) is 0 Å².